The highest BCUT2D eigenvalue weighted by molar-refractivity contribution is 5.99. The van der Waals surface area contributed by atoms with Gasteiger partial charge in [0.2, 0.25) is 5.91 Å². The van der Waals surface area contributed by atoms with Gasteiger partial charge in [-0.1, -0.05) is 0 Å². The highest BCUT2D eigenvalue weighted by Gasteiger charge is 2.34. The molecule has 1 saturated heterocycles. The van der Waals surface area contributed by atoms with E-state index in [1.807, 2.05) is 6.92 Å². The molecule has 0 spiro atoms. The number of carbonyl (C=O) groups is 1. The van der Waals surface area contributed by atoms with Crippen LogP contribution in [0.25, 0.3) is 0 Å². The lowest BCUT2D eigenvalue weighted by atomic mass is 9.90. The maximum absolute atomic E-state index is 12.5. The number of hydrogen-bond donors (Lipinski definition) is 2. The fourth-order valence-corrected chi connectivity index (χ4v) is 2.42. The minimum absolute atomic E-state index is 0.0382. The van der Waals surface area contributed by atoms with E-state index < -0.39 is 5.54 Å². The summed E-state index contributed by atoms with van der Waals surface area (Å²) in [6.45, 7) is 2.81. The summed E-state index contributed by atoms with van der Waals surface area (Å²) in [6, 6.07) is 5.35. The Balaban J connectivity index is 2.17. The van der Waals surface area contributed by atoms with Crippen molar-refractivity contribution in [3.63, 3.8) is 0 Å². The molecule has 110 valence electrons. The van der Waals surface area contributed by atoms with Gasteiger partial charge >= 0.3 is 0 Å². The van der Waals surface area contributed by atoms with Gasteiger partial charge in [0.05, 0.1) is 25.4 Å². The first-order valence-corrected chi connectivity index (χ1v) is 6.87. The molecule has 1 atom stereocenters. The normalized spacial score (nSPS) is 22.1. The van der Waals surface area contributed by atoms with Crippen molar-refractivity contribution in [2.75, 3.05) is 26.1 Å². The third-order valence-corrected chi connectivity index (χ3v) is 3.77. The monoisotopic (exact) mass is 278 g/mol. The summed E-state index contributed by atoms with van der Waals surface area (Å²) in [4.78, 5) is 12.5. The van der Waals surface area contributed by atoms with Crippen molar-refractivity contribution < 1.29 is 14.3 Å². The van der Waals surface area contributed by atoms with E-state index in [0.29, 0.717) is 17.2 Å². The predicted octanol–water partition coefficient (Wildman–Crippen LogP) is 2.17. The van der Waals surface area contributed by atoms with Crippen LogP contribution in [-0.2, 0) is 4.79 Å². The number of methoxy groups -OCH3 is 2. The number of carbonyl (C=O) groups excluding carboxylic acids is 1. The van der Waals surface area contributed by atoms with Crippen LogP contribution in [0.15, 0.2) is 18.2 Å². The number of hydrogen-bond acceptors (Lipinski definition) is 4. The molecular formula is C15H22N2O3. The molecule has 5 heteroatoms. The van der Waals surface area contributed by atoms with Gasteiger partial charge < -0.3 is 20.1 Å². The van der Waals surface area contributed by atoms with Gasteiger partial charge in [-0.05, 0) is 44.9 Å². The van der Waals surface area contributed by atoms with Gasteiger partial charge in [-0.25, -0.2) is 0 Å². The smallest absolute Gasteiger partial charge is 0.244 e. The molecular weight excluding hydrogens is 256 g/mol. The van der Waals surface area contributed by atoms with E-state index in [-0.39, 0.29) is 5.91 Å². The Hall–Kier alpha value is -1.75. The fourth-order valence-electron chi connectivity index (χ4n) is 2.42. The first-order valence-electron chi connectivity index (χ1n) is 6.87. The number of anilines is 1. The second kappa shape index (κ2) is 6.13. The van der Waals surface area contributed by atoms with Crippen LogP contribution in [0.4, 0.5) is 5.69 Å². The highest BCUT2D eigenvalue weighted by atomic mass is 16.5. The number of ether oxygens (including phenoxy) is 2. The lowest BCUT2D eigenvalue weighted by Gasteiger charge is -2.33. The van der Waals surface area contributed by atoms with Gasteiger partial charge in [-0.2, -0.15) is 0 Å². The molecule has 1 heterocycles. The Morgan fingerprint density at radius 1 is 1.30 bits per heavy atom. The summed E-state index contributed by atoms with van der Waals surface area (Å²) < 4.78 is 10.5. The van der Waals surface area contributed by atoms with Crippen LogP contribution in [0.1, 0.15) is 26.2 Å². The average molecular weight is 278 g/mol. The van der Waals surface area contributed by atoms with Gasteiger partial charge in [-0.3, -0.25) is 4.79 Å². The Labute approximate surface area is 119 Å². The molecule has 0 aromatic heterocycles. The van der Waals surface area contributed by atoms with Crippen molar-refractivity contribution in [3.8, 4) is 11.5 Å². The van der Waals surface area contributed by atoms with E-state index in [2.05, 4.69) is 10.6 Å². The Morgan fingerprint density at radius 2 is 2.10 bits per heavy atom. The maximum Gasteiger partial charge on any atom is 0.244 e. The summed E-state index contributed by atoms with van der Waals surface area (Å²) in [5.74, 6) is 1.27. The standard InChI is InChI=1S/C15H22N2O3/c1-15(8-4-5-9-16-15)14(18)17-12-10-11(19-2)6-7-13(12)20-3/h6-7,10,16H,4-5,8-9H2,1-3H3,(H,17,18). The number of piperidine rings is 1. The van der Waals surface area contributed by atoms with Crippen LogP contribution in [0.3, 0.4) is 0 Å². The molecule has 0 bridgehead atoms. The molecule has 5 nitrogen and oxygen atoms in total. The van der Waals surface area contributed by atoms with Crippen LogP contribution in [0.2, 0.25) is 0 Å². The first kappa shape index (κ1) is 14.7. The third-order valence-electron chi connectivity index (χ3n) is 3.77. The van der Waals surface area contributed by atoms with Crippen LogP contribution >= 0.6 is 0 Å². The zero-order valence-corrected chi connectivity index (χ0v) is 12.3. The zero-order valence-electron chi connectivity index (χ0n) is 12.3. The summed E-state index contributed by atoms with van der Waals surface area (Å²) in [5, 5.41) is 6.24. The van der Waals surface area contributed by atoms with Crippen molar-refractivity contribution in [1.29, 1.82) is 0 Å². The van der Waals surface area contributed by atoms with Gasteiger partial charge in [0.1, 0.15) is 11.5 Å². The molecule has 0 radical (unpaired) electrons. The van der Waals surface area contributed by atoms with E-state index >= 15 is 0 Å². The molecule has 1 amide bonds. The van der Waals surface area contributed by atoms with E-state index in [4.69, 9.17) is 9.47 Å². The summed E-state index contributed by atoms with van der Waals surface area (Å²) in [7, 11) is 3.18. The van der Waals surface area contributed by atoms with E-state index in [1.54, 1.807) is 32.4 Å². The molecule has 1 aliphatic heterocycles. The van der Waals surface area contributed by atoms with Gasteiger partial charge in [-0.15, -0.1) is 0 Å². The van der Waals surface area contributed by atoms with E-state index in [0.717, 1.165) is 25.8 Å². The predicted molar refractivity (Wildman–Crippen MR) is 78.4 cm³/mol. The summed E-state index contributed by atoms with van der Waals surface area (Å²) >= 11 is 0. The molecule has 2 rings (SSSR count). The molecule has 0 aliphatic carbocycles. The zero-order chi connectivity index (χ0) is 14.6. The Bertz CT molecular complexity index is 482. The van der Waals surface area contributed by atoms with Crippen LogP contribution < -0.4 is 20.1 Å². The molecule has 1 unspecified atom stereocenters. The van der Waals surface area contributed by atoms with E-state index in [1.165, 1.54) is 0 Å². The highest BCUT2D eigenvalue weighted by Crippen LogP contribution is 2.30. The largest absolute Gasteiger partial charge is 0.497 e. The van der Waals surface area contributed by atoms with Crippen molar-refractivity contribution in [1.82, 2.24) is 5.32 Å². The SMILES string of the molecule is COc1ccc(OC)c(NC(=O)C2(C)CCCCN2)c1. The van der Waals surface area contributed by atoms with Crippen molar-refractivity contribution in [2.45, 2.75) is 31.7 Å². The van der Waals surface area contributed by atoms with E-state index in [9.17, 15) is 4.79 Å². The maximum atomic E-state index is 12.5. The van der Waals surface area contributed by atoms with Crippen molar-refractivity contribution >= 4 is 11.6 Å². The fraction of sp³-hybridized carbons (Fsp3) is 0.533. The third kappa shape index (κ3) is 3.04. The summed E-state index contributed by atoms with van der Waals surface area (Å²) in [5.41, 5.74) is 0.109. The lowest BCUT2D eigenvalue weighted by molar-refractivity contribution is -0.122. The second-order valence-corrected chi connectivity index (χ2v) is 5.24. The quantitative estimate of drug-likeness (QED) is 0.886. The average Bonchev–Trinajstić information content (AvgIpc) is 2.47. The molecule has 2 N–H and O–H groups in total. The molecule has 1 aliphatic rings. The molecule has 1 fully saturated rings. The molecule has 1 aromatic rings. The minimum Gasteiger partial charge on any atom is -0.497 e. The summed E-state index contributed by atoms with van der Waals surface area (Å²) in [6.07, 6.45) is 3.02. The molecule has 1 aromatic carbocycles. The van der Waals surface area contributed by atoms with Gasteiger partial charge in [0.25, 0.3) is 0 Å². The lowest BCUT2D eigenvalue weighted by Crippen LogP contribution is -2.54. The Kier molecular flexibility index (Phi) is 4.49. The van der Waals surface area contributed by atoms with Crippen molar-refractivity contribution in [3.05, 3.63) is 18.2 Å². The number of benzene rings is 1. The van der Waals surface area contributed by atoms with Gasteiger partial charge in [0.15, 0.2) is 0 Å². The van der Waals surface area contributed by atoms with Crippen molar-refractivity contribution in [2.24, 2.45) is 0 Å². The minimum atomic E-state index is -0.521. The number of nitrogens with one attached hydrogen (secondary N) is 2. The van der Waals surface area contributed by atoms with Crippen LogP contribution in [-0.4, -0.2) is 32.2 Å². The van der Waals surface area contributed by atoms with Crippen LogP contribution in [0, 0.1) is 0 Å². The molecule has 20 heavy (non-hydrogen) atoms. The second-order valence-electron chi connectivity index (χ2n) is 5.24. The first-order chi connectivity index (χ1) is 9.59. The number of rotatable bonds is 4. The van der Waals surface area contributed by atoms with Crippen LogP contribution in [0.5, 0.6) is 11.5 Å². The van der Waals surface area contributed by atoms with Gasteiger partial charge in [0, 0.05) is 6.07 Å². The number of amides is 1. The topological polar surface area (TPSA) is 59.6 Å². The Morgan fingerprint density at radius 3 is 2.70 bits per heavy atom. The molecule has 0 saturated carbocycles.